The molecule has 2 aliphatic rings. The van der Waals surface area contributed by atoms with Crippen LogP contribution < -0.4 is 0 Å². The molecule has 5 heteroatoms. The highest BCUT2D eigenvalue weighted by molar-refractivity contribution is 6.04. The Morgan fingerprint density at radius 1 is 1.40 bits per heavy atom. The van der Waals surface area contributed by atoms with E-state index >= 15 is 0 Å². The molecule has 1 aromatic rings. The second-order valence-electron chi connectivity index (χ2n) is 6.48. The minimum absolute atomic E-state index is 0.0825. The largest absolute Gasteiger partial charge is 0.468 e. The van der Waals surface area contributed by atoms with Crippen molar-refractivity contribution in [1.82, 2.24) is 0 Å². The highest BCUT2D eigenvalue weighted by Gasteiger charge is 2.58. The summed E-state index contributed by atoms with van der Waals surface area (Å²) in [6.45, 7) is 5.24. The number of rotatable bonds is 0. The number of fused-ring (bicyclic) bond motifs is 2. The number of carbonyl (C=O) groups excluding carboxylic acids is 1. The summed E-state index contributed by atoms with van der Waals surface area (Å²) in [6, 6.07) is 0. The van der Waals surface area contributed by atoms with Crippen LogP contribution in [0.25, 0.3) is 0 Å². The van der Waals surface area contributed by atoms with Crippen LogP contribution in [0.5, 0.6) is 0 Å². The Labute approximate surface area is 117 Å². The molecule has 0 radical (unpaired) electrons. The van der Waals surface area contributed by atoms with E-state index in [1.807, 2.05) is 6.92 Å². The highest BCUT2D eigenvalue weighted by atomic mass is 16.6. The lowest BCUT2D eigenvalue weighted by Gasteiger charge is -2.29. The Morgan fingerprint density at radius 2 is 2.10 bits per heavy atom. The van der Waals surface area contributed by atoms with Crippen LogP contribution in [0.3, 0.4) is 0 Å². The molecule has 1 saturated heterocycles. The SMILES string of the molecule is Cc1coc2c1C(=O)[C@H]1O[C@]1(C)CC[C@@H](O)[C@](C)(O)C2. The molecule has 0 aromatic carbocycles. The molecule has 0 amide bonds. The van der Waals surface area contributed by atoms with E-state index in [1.165, 1.54) is 6.26 Å². The number of furan rings is 1. The summed E-state index contributed by atoms with van der Waals surface area (Å²) < 4.78 is 11.0. The van der Waals surface area contributed by atoms with Crippen LogP contribution in [-0.4, -0.2) is 39.4 Å². The lowest BCUT2D eigenvalue weighted by atomic mass is 9.83. The van der Waals surface area contributed by atoms with E-state index in [0.717, 1.165) is 5.56 Å². The van der Waals surface area contributed by atoms with Crippen molar-refractivity contribution in [3.8, 4) is 0 Å². The average molecular weight is 280 g/mol. The summed E-state index contributed by atoms with van der Waals surface area (Å²) in [5, 5.41) is 20.6. The molecule has 0 spiro atoms. The third-order valence-electron chi connectivity index (χ3n) is 4.57. The molecule has 20 heavy (non-hydrogen) atoms. The summed E-state index contributed by atoms with van der Waals surface area (Å²) >= 11 is 0. The number of carbonyl (C=O) groups is 1. The van der Waals surface area contributed by atoms with Gasteiger partial charge in [0, 0.05) is 6.42 Å². The van der Waals surface area contributed by atoms with E-state index in [-0.39, 0.29) is 12.2 Å². The molecule has 1 aliphatic carbocycles. The number of ketones is 1. The first kappa shape index (κ1) is 13.8. The fraction of sp³-hybridized carbons (Fsp3) is 0.667. The lowest BCUT2D eigenvalue weighted by molar-refractivity contribution is -0.0693. The maximum Gasteiger partial charge on any atom is 0.198 e. The first-order valence-electron chi connectivity index (χ1n) is 6.94. The second-order valence-corrected chi connectivity index (χ2v) is 6.48. The van der Waals surface area contributed by atoms with Crippen LogP contribution in [0.4, 0.5) is 0 Å². The molecule has 0 bridgehead atoms. The van der Waals surface area contributed by atoms with Crippen LogP contribution >= 0.6 is 0 Å². The smallest absolute Gasteiger partial charge is 0.198 e. The number of aryl methyl sites for hydroxylation is 1. The van der Waals surface area contributed by atoms with E-state index in [2.05, 4.69) is 0 Å². The fourth-order valence-corrected chi connectivity index (χ4v) is 3.02. The summed E-state index contributed by atoms with van der Waals surface area (Å²) in [5.41, 5.74) is -0.619. The van der Waals surface area contributed by atoms with E-state index < -0.39 is 23.4 Å². The molecular weight excluding hydrogens is 260 g/mol. The van der Waals surface area contributed by atoms with Crippen molar-refractivity contribution in [2.45, 2.75) is 63.4 Å². The van der Waals surface area contributed by atoms with Crippen molar-refractivity contribution in [3.63, 3.8) is 0 Å². The maximum absolute atomic E-state index is 12.5. The van der Waals surface area contributed by atoms with Gasteiger partial charge in [0.05, 0.1) is 23.5 Å². The Balaban J connectivity index is 2.05. The minimum atomic E-state index is -1.32. The molecule has 2 heterocycles. The number of aliphatic hydroxyl groups excluding tert-OH is 1. The van der Waals surface area contributed by atoms with Gasteiger partial charge in [0.15, 0.2) is 5.78 Å². The first-order chi connectivity index (χ1) is 9.24. The number of hydrogen-bond donors (Lipinski definition) is 2. The van der Waals surface area contributed by atoms with E-state index in [9.17, 15) is 15.0 Å². The first-order valence-corrected chi connectivity index (χ1v) is 6.94. The number of Topliss-reactive ketones (excluding diaryl/α,β-unsaturated/α-hetero) is 1. The van der Waals surface area contributed by atoms with E-state index in [1.54, 1.807) is 13.8 Å². The van der Waals surface area contributed by atoms with Gasteiger partial charge in [-0.25, -0.2) is 0 Å². The van der Waals surface area contributed by atoms with Crippen LogP contribution in [0.2, 0.25) is 0 Å². The van der Waals surface area contributed by atoms with Gasteiger partial charge in [0.25, 0.3) is 0 Å². The van der Waals surface area contributed by atoms with Gasteiger partial charge >= 0.3 is 0 Å². The third-order valence-corrected chi connectivity index (χ3v) is 4.57. The number of ether oxygens (including phenoxy) is 1. The van der Waals surface area contributed by atoms with Gasteiger partial charge in [-0.2, -0.15) is 0 Å². The molecule has 110 valence electrons. The summed E-state index contributed by atoms with van der Waals surface area (Å²) in [6.07, 6.45) is 1.23. The standard InChI is InChI=1S/C15H20O5/c1-8-7-19-9-6-14(2,18)10(16)4-5-15(3)13(20-15)12(17)11(8)9/h7,10,13,16,18H,4-6H2,1-3H3/t10-,13-,14-,15-/m1/s1. The highest BCUT2D eigenvalue weighted by Crippen LogP contribution is 2.45. The summed E-state index contributed by atoms with van der Waals surface area (Å²) in [5.74, 6) is 0.345. The maximum atomic E-state index is 12.5. The van der Waals surface area contributed by atoms with Crippen LogP contribution in [0.15, 0.2) is 10.7 Å². The van der Waals surface area contributed by atoms with Crippen LogP contribution in [-0.2, 0) is 11.2 Å². The van der Waals surface area contributed by atoms with Crippen LogP contribution in [0.1, 0.15) is 48.4 Å². The Morgan fingerprint density at radius 3 is 2.80 bits per heavy atom. The molecular formula is C15H20O5. The zero-order valence-electron chi connectivity index (χ0n) is 12.0. The van der Waals surface area contributed by atoms with E-state index in [4.69, 9.17) is 9.15 Å². The van der Waals surface area contributed by atoms with Gasteiger partial charge < -0.3 is 19.4 Å². The zero-order valence-corrected chi connectivity index (χ0v) is 12.0. The zero-order chi connectivity index (χ0) is 14.7. The molecule has 4 atom stereocenters. The second kappa shape index (κ2) is 4.16. The molecule has 2 N–H and O–H groups in total. The number of hydrogen-bond acceptors (Lipinski definition) is 5. The Bertz CT molecular complexity index is 559. The van der Waals surface area contributed by atoms with Crippen molar-refractivity contribution in [1.29, 1.82) is 0 Å². The van der Waals surface area contributed by atoms with Crippen LogP contribution in [0, 0.1) is 6.92 Å². The van der Waals surface area contributed by atoms with Crippen molar-refractivity contribution < 1.29 is 24.2 Å². The van der Waals surface area contributed by atoms with E-state index in [0.29, 0.717) is 24.2 Å². The molecule has 1 fully saturated rings. The molecule has 3 rings (SSSR count). The van der Waals surface area contributed by atoms with Gasteiger partial charge in [-0.3, -0.25) is 4.79 Å². The number of epoxide rings is 1. The summed E-state index contributed by atoms with van der Waals surface area (Å²) in [4.78, 5) is 12.5. The quantitative estimate of drug-likeness (QED) is 0.701. The topological polar surface area (TPSA) is 83.2 Å². The molecule has 1 aliphatic heterocycles. The molecule has 0 saturated carbocycles. The number of aliphatic hydroxyl groups is 2. The minimum Gasteiger partial charge on any atom is -0.468 e. The molecule has 0 unspecified atom stereocenters. The predicted octanol–water partition coefficient (Wildman–Crippen LogP) is 1.38. The average Bonchev–Trinajstić information content (AvgIpc) is 2.92. The monoisotopic (exact) mass is 280 g/mol. The van der Waals surface area contributed by atoms with Gasteiger partial charge in [-0.15, -0.1) is 0 Å². The van der Waals surface area contributed by atoms with Gasteiger partial charge in [0.2, 0.25) is 0 Å². The van der Waals surface area contributed by atoms with Gasteiger partial charge in [0.1, 0.15) is 17.5 Å². The van der Waals surface area contributed by atoms with Crippen molar-refractivity contribution >= 4 is 5.78 Å². The van der Waals surface area contributed by atoms with Crippen molar-refractivity contribution in [3.05, 3.63) is 23.2 Å². The molecule has 1 aromatic heterocycles. The fourth-order valence-electron chi connectivity index (χ4n) is 3.02. The Hall–Kier alpha value is -1.17. The normalized spacial score (nSPS) is 41.0. The van der Waals surface area contributed by atoms with Crippen molar-refractivity contribution in [2.75, 3.05) is 0 Å². The van der Waals surface area contributed by atoms with Gasteiger partial charge in [-0.05, 0) is 39.2 Å². The predicted molar refractivity (Wildman–Crippen MR) is 70.6 cm³/mol. The Kier molecular flexibility index (Phi) is 2.87. The van der Waals surface area contributed by atoms with Gasteiger partial charge in [-0.1, -0.05) is 0 Å². The van der Waals surface area contributed by atoms with Crippen molar-refractivity contribution in [2.24, 2.45) is 0 Å². The molecule has 5 nitrogen and oxygen atoms in total. The lowest BCUT2D eigenvalue weighted by Crippen LogP contribution is -2.42. The third kappa shape index (κ3) is 2.01. The summed E-state index contributed by atoms with van der Waals surface area (Å²) in [7, 11) is 0.